The van der Waals surface area contributed by atoms with Gasteiger partial charge in [-0.2, -0.15) is 0 Å². The van der Waals surface area contributed by atoms with Crippen LogP contribution in [0.25, 0.3) is 6.08 Å². The summed E-state index contributed by atoms with van der Waals surface area (Å²) in [5.41, 5.74) is 2.53. The molecule has 0 saturated heterocycles. The zero-order chi connectivity index (χ0) is 18.4. The monoisotopic (exact) mass is 337 g/mol. The first-order valence-corrected chi connectivity index (χ1v) is 8.08. The molecule has 1 N–H and O–H groups in total. The number of hydrogen-bond acceptors (Lipinski definition) is 3. The molecule has 25 heavy (non-hydrogen) atoms. The van der Waals surface area contributed by atoms with Crippen LogP contribution in [0, 0.1) is 0 Å². The predicted molar refractivity (Wildman–Crippen MR) is 99.0 cm³/mol. The predicted octanol–water partition coefficient (Wildman–Crippen LogP) is 3.93. The lowest BCUT2D eigenvalue weighted by Gasteiger charge is -2.19. The Labute approximate surface area is 148 Å². The second-order valence-corrected chi connectivity index (χ2v) is 6.74. The number of hydrogen-bond donors (Lipinski definition) is 1. The SMILES string of the molecule is COC(=O)/C(=C/c1ccccc1)NC(=O)c1ccc(C(C)(C)C)cc1. The minimum Gasteiger partial charge on any atom is -0.464 e. The van der Waals surface area contributed by atoms with Crippen LogP contribution in [-0.2, 0) is 14.9 Å². The van der Waals surface area contributed by atoms with Crippen LogP contribution in [0.2, 0.25) is 0 Å². The molecule has 0 unspecified atom stereocenters. The van der Waals surface area contributed by atoms with Crippen molar-refractivity contribution in [1.29, 1.82) is 0 Å². The topological polar surface area (TPSA) is 55.4 Å². The van der Waals surface area contributed by atoms with Crippen molar-refractivity contribution in [1.82, 2.24) is 5.32 Å². The van der Waals surface area contributed by atoms with Crippen LogP contribution in [0.5, 0.6) is 0 Å². The molecular weight excluding hydrogens is 314 g/mol. The number of benzene rings is 2. The van der Waals surface area contributed by atoms with E-state index in [-0.39, 0.29) is 17.0 Å². The molecule has 0 fully saturated rings. The second-order valence-electron chi connectivity index (χ2n) is 6.74. The lowest BCUT2D eigenvalue weighted by Crippen LogP contribution is -2.28. The van der Waals surface area contributed by atoms with Crippen molar-refractivity contribution in [2.45, 2.75) is 26.2 Å². The molecule has 1 amide bonds. The van der Waals surface area contributed by atoms with E-state index < -0.39 is 5.97 Å². The third kappa shape index (κ3) is 5.05. The minimum absolute atomic E-state index is 0.0133. The molecule has 2 rings (SSSR count). The van der Waals surface area contributed by atoms with Gasteiger partial charge in [-0.3, -0.25) is 4.79 Å². The molecule has 0 aliphatic heterocycles. The Kier molecular flexibility index (Phi) is 5.75. The molecule has 0 aliphatic rings. The fraction of sp³-hybridized carbons (Fsp3) is 0.238. The number of esters is 1. The van der Waals surface area contributed by atoms with Gasteiger partial charge in [-0.05, 0) is 34.8 Å². The normalized spacial score (nSPS) is 11.8. The summed E-state index contributed by atoms with van der Waals surface area (Å²) in [5.74, 6) is -0.948. The summed E-state index contributed by atoms with van der Waals surface area (Å²) in [6.07, 6.45) is 1.59. The van der Waals surface area contributed by atoms with E-state index in [0.717, 1.165) is 11.1 Å². The maximum Gasteiger partial charge on any atom is 0.354 e. The van der Waals surface area contributed by atoms with E-state index in [4.69, 9.17) is 4.74 Å². The van der Waals surface area contributed by atoms with Gasteiger partial charge >= 0.3 is 5.97 Å². The molecule has 0 aromatic heterocycles. The molecule has 0 saturated carbocycles. The Hall–Kier alpha value is -2.88. The van der Waals surface area contributed by atoms with Gasteiger partial charge in [0.25, 0.3) is 5.91 Å². The second kappa shape index (κ2) is 7.79. The highest BCUT2D eigenvalue weighted by Gasteiger charge is 2.17. The molecule has 4 heteroatoms. The Bertz CT molecular complexity index is 769. The number of ether oxygens (including phenoxy) is 1. The number of carbonyl (C=O) groups is 2. The van der Waals surface area contributed by atoms with E-state index in [1.807, 2.05) is 42.5 Å². The van der Waals surface area contributed by atoms with Gasteiger partial charge in [-0.25, -0.2) is 4.79 Å². The van der Waals surface area contributed by atoms with E-state index >= 15 is 0 Å². The van der Waals surface area contributed by atoms with Crippen LogP contribution in [0.4, 0.5) is 0 Å². The lowest BCUT2D eigenvalue weighted by molar-refractivity contribution is -0.136. The fourth-order valence-corrected chi connectivity index (χ4v) is 2.29. The third-order valence-electron chi connectivity index (χ3n) is 3.78. The zero-order valence-electron chi connectivity index (χ0n) is 15.0. The number of rotatable bonds is 4. The summed E-state index contributed by atoms with van der Waals surface area (Å²) in [4.78, 5) is 24.4. The van der Waals surface area contributed by atoms with Crippen molar-refractivity contribution in [2.24, 2.45) is 0 Å². The molecule has 0 aliphatic carbocycles. The van der Waals surface area contributed by atoms with Crippen LogP contribution in [0.1, 0.15) is 42.3 Å². The third-order valence-corrected chi connectivity index (χ3v) is 3.78. The smallest absolute Gasteiger partial charge is 0.354 e. The summed E-state index contributed by atoms with van der Waals surface area (Å²) in [6, 6.07) is 16.6. The van der Waals surface area contributed by atoms with Crippen LogP contribution in [0.15, 0.2) is 60.3 Å². The van der Waals surface area contributed by atoms with Gasteiger partial charge in [0.1, 0.15) is 5.70 Å². The van der Waals surface area contributed by atoms with Crippen LogP contribution in [-0.4, -0.2) is 19.0 Å². The standard InChI is InChI=1S/C21H23NO3/c1-21(2,3)17-12-10-16(11-13-17)19(23)22-18(20(24)25-4)14-15-8-6-5-7-9-15/h5-14H,1-4H3,(H,22,23)/b18-14-. The van der Waals surface area contributed by atoms with Gasteiger partial charge in [-0.1, -0.05) is 63.2 Å². The summed E-state index contributed by atoms with van der Waals surface area (Å²) >= 11 is 0. The minimum atomic E-state index is -0.594. The molecule has 130 valence electrons. The molecule has 4 nitrogen and oxygen atoms in total. The Balaban J connectivity index is 2.22. The highest BCUT2D eigenvalue weighted by molar-refractivity contribution is 6.03. The van der Waals surface area contributed by atoms with Gasteiger partial charge in [0, 0.05) is 5.56 Å². The summed E-state index contributed by atoms with van der Waals surface area (Å²) in [6.45, 7) is 6.33. The first-order chi connectivity index (χ1) is 11.8. The van der Waals surface area contributed by atoms with Gasteiger partial charge < -0.3 is 10.1 Å². The van der Waals surface area contributed by atoms with Crippen molar-refractivity contribution in [3.63, 3.8) is 0 Å². The maximum atomic E-state index is 12.5. The number of carbonyl (C=O) groups excluding carboxylic acids is 2. The van der Waals surface area contributed by atoms with Crippen molar-refractivity contribution >= 4 is 18.0 Å². The fourth-order valence-electron chi connectivity index (χ4n) is 2.29. The Morgan fingerprint density at radius 3 is 2.08 bits per heavy atom. The molecule has 0 radical (unpaired) electrons. The molecule has 0 bridgehead atoms. The van der Waals surface area contributed by atoms with Crippen molar-refractivity contribution in [3.05, 3.63) is 77.0 Å². The van der Waals surface area contributed by atoms with E-state index in [9.17, 15) is 9.59 Å². The van der Waals surface area contributed by atoms with Gasteiger partial charge in [0.05, 0.1) is 7.11 Å². The number of amides is 1. The Morgan fingerprint density at radius 1 is 0.960 bits per heavy atom. The lowest BCUT2D eigenvalue weighted by atomic mass is 9.87. The first-order valence-electron chi connectivity index (χ1n) is 8.08. The maximum absolute atomic E-state index is 12.5. The largest absolute Gasteiger partial charge is 0.464 e. The van der Waals surface area contributed by atoms with Crippen LogP contribution in [0.3, 0.4) is 0 Å². The van der Waals surface area contributed by atoms with Gasteiger partial charge in [-0.15, -0.1) is 0 Å². The van der Waals surface area contributed by atoms with Crippen LogP contribution >= 0.6 is 0 Å². The van der Waals surface area contributed by atoms with Crippen LogP contribution < -0.4 is 5.32 Å². The molecule has 2 aromatic rings. The summed E-state index contributed by atoms with van der Waals surface area (Å²) in [5, 5.41) is 2.64. The number of nitrogens with one attached hydrogen (secondary N) is 1. The van der Waals surface area contributed by atoms with E-state index in [0.29, 0.717) is 5.56 Å². The van der Waals surface area contributed by atoms with Gasteiger partial charge in [0.15, 0.2) is 0 Å². The molecule has 0 atom stereocenters. The average molecular weight is 337 g/mol. The first kappa shape index (κ1) is 18.5. The van der Waals surface area contributed by atoms with Crippen molar-refractivity contribution in [3.8, 4) is 0 Å². The molecule has 2 aromatic carbocycles. The van der Waals surface area contributed by atoms with Crippen molar-refractivity contribution < 1.29 is 14.3 Å². The highest BCUT2D eigenvalue weighted by Crippen LogP contribution is 2.22. The van der Waals surface area contributed by atoms with E-state index in [1.54, 1.807) is 18.2 Å². The summed E-state index contributed by atoms with van der Waals surface area (Å²) < 4.78 is 4.76. The molecule has 0 heterocycles. The van der Waals surface area contributed by atoms with Crippen molar-refractivity contribution in [2.75, 3.05) is 7.11 Å². The molecular formula is C21H23NO3. The Morgan fingerprint density at radius 2 is 1.56 bits per heavy atom. The zero-order valence-corrected chi connectivity index (χ0v) is 15.0. The highest BCUT2D eigenvalue weighted by atomic mass is 16.5. The number of methoxy groups -OCH3 is 1. The van der Waals surface area contributed by atoms with E-state index in [1.165, 1.54) is 7.11 Å². The molecule has 0 spiro atoms. The van der Waals surface area contributed by atoms with Gasteiger partial charge in [0.2, 0.25) is 0 Å². The van der Waals surface area contributed by atoms with E-state index in [2.05, 4.69) is 26.1 Å². The quantitative estimate of drug-likeness (QED) is 0.679. The summed E-state index contributed by atoms with van der Waals surface area (Å²) in [7, 11) is 1.28. The average Bonchev–Trinajstić information content (AvgIpc) is 2.60.